The maximum absolute atomic E-state index is 10.7. The molecular weight excluding hydrogens is 182 g/mol. The molecule has 0 atom stereocenters. The fourth-order valence-electron chi connectivity index (χ4n) is 0.793. The van der Waals surface area contributed by atoms with Crippen LogP contribution in [-0.4, -0.2) is 24.3 Å². The molecule has 0 aliphatic heterocycles. The molecule has 0 heterocycles. The summed E-state index contributed by atoms with van der Waals surface area (Å²) in [6.07, 6.45) is 1.96. The van der Waals surface area contributed by atoms with Gasteiger partial charge in [-0.3, -0.25) is 25.2 Å². The zero-order chi connectivity index (χ0) is 11.0. The van der Waals surface area contributed by atoms with Crippen LogP contribution < -0.4 is 10.6 Å². The summed E-state index contributed by atoms with van der Waals surface area (Å²) < 4.78 is 0. The Morgan fingerprint density at radius 3 is 2.00 bits per heavy atom. The van der Waals surface area contributed by atoms with Gasteiger partial charge in [0.15, 0.2) is 0 Å². The Kier molecular flexibility index (Phi) is 6.36. The Labute approximate surface area is 84.0 Å². The molecule has 2 N–H and O–H groups in total. The maximum atomic E-state index is 10.7. The quantitative estimate of drug-likeness (QED) is 0.393. The molecule has 0 spiro atoms. The van der Waals surface area contributed by atoms with Gasteiger partial charge in [-0.05, 0) is 6.42 Å². The Balaban J connectivity index is 4.15. The molecule has 0 rings (SSSR count). The lowest BCUT2D eigenvalue weighted by molar-refractivity contribution is -0.117. The molecule has 0 aromatic heterocycles. The largest absolute Gasteiger partial charge is 0.297 e. The van der Waals surface area contributed by atoms with Gasteiger partial charge >= 0.3 is 0 Å². The van der Waals surface area contributed by atoms with Gasteiger partial charge in [0.25, 0.3) is 0 Å². The van der Waals surface area contributed by atoms with Crippen molar-refractivity contribution >= 4 is 17.8 Å². The molecule has 0 unspecified atom stereocenters. The number of hydrogen-bond acceptors (Lipinski definition) is 3. The van der Waals surface area contributed by atoms with Gasteiger partial charge in [-0.2, -0.15) is 0 Å². The summed E-state index contributed by atoms with van der Waals surface area (Å²) in [5.74, 6) is -0.249. The molecule has 0 aromatic carbocycles. The molecule has 0 saturated carbocycles. The lowest BCUT2D eigenvalue weighted by Crippen LogP contribution is -2.42. The van der Waals surface area contributed by atoms with E-state index in [1.54, 1.807) is 0 Å². The fourth-order valence-corrected chi connectivity index (χ4v) is 0.793. The van der Waals surface area contributed by atoms with Crippen molar-refractivity contribution in [3.05, 3.63) is 0 Å². The minimum atomic E-state index is -0.242. The van der Waals surface area contributed by atoms with Crippen LogP contribution in [0.1, 0.15) is 33.6 Å². The van der Waals surface area contributed by atoms with Crippen molar-refractivity contribution in [2.45, 2.75) is 33.6 Å². The van der Waals surface area contributed by atoms with Gasteiger partial charge in [-0.15, -0.1) is 0 Å². The summed E-state index contributed by atoms with van der Waals surface area (Å²) in [5, 5.41) is 4.90. The molecule has 5 heteroatoms. The van der Waals surface area contributed by atoms with Crippen LogP contribution in [0, 0.1) is 0 Å². The lowest BCUT2D eigenvalue weighted by atomic mass is 10.3. The maximum Gasteiger partial charge on any atom is 0.223 e. The first-order valence-corrected chi connectivity index (χ1v) is 4.66. The number of nitrogens with zero attached hydrogens (tertiary/aromatic N) is 1. The molecular formula is C9H17N3O2. The second-order valence-electron chi connectivity index (χ2n) is 2.95. The van der Waals surface area contributed by atoms with E-state index in [1.807, 2.05) is 6.92 Å². The Morgan fingerprint density at radius 2 is 1.64 bits per heavy atom. The standard InChI is InChI=1S/C9H17N3O2/c1-4-5-6-10-9(11-7(2)13)12-8(3)14/h4-6H2,1-3H3,(H2,10,11,12,13,14). The van der Waals surface area contributed by atoms with Crippen molar-refractivity contribution in [2.24, 2.45) is 4.99 Å². The van der Waals surface area contributed by atoms with Crippen LogP contribution in [0.25, 0.3) is 0 Å². The van der Waals surface area contributed by atoms with Gasteiger partial charge in [0, 0.05) is 20.4 Å². The van der Waals surface area contributed by atoms with Crippen LogP contribution in [-0.2, 0) is 9.59 Å². The van der Waals surface area contributed by atoms with E-state index < -0.39 is 0 Å². The summed E-state index contributed by atoms with van der Waals surface area (Å²) in [6, 6.07) is 0. The number of unbranched alkanes of at least 4 members (excludes halogenated alkanes) is 1. The molecule has 0 aliphatic carbocycles. The molecule has 14 heavy (non-hydrogen) atoms. The van der Waals surface area contributed by atoms with Crippen LogP contribution in [0.15, 0.2) is 4.99 Å². The van der Waals surface area contributed by atoms with Crippen LogP contribution >= 0.6 is 0 Å². The minimum absolute atomic E-state index is 0.235. The van der Waals surface area contributed by atoms with E-state index in [2.05, 4.69) is 15.6 Å². The summed E-state index contributed by atoms with van der Waals surface area (Å²) in [5.41, 5.74) is 0. The minimum Gasteiger partial charge on any atom is -0.297 e. The second kappa shape index (κ2) is 7.06. The van der Waals surface area contributed by atoms with E-state index in [0.717, 1.165) is 12.8 Å². The average molecular weight is 199 g/mol. The molecule has 0 fully saturated rings. The van der Waals surface area contributed by atoms with Crippen LogP contribution in [0.3, 0.4) is 0 Å². The Bertz CT molecular complexity index is 218. The number of amides is 2. The second-order valence-corrected chi connectivity index (χ2v) is 2.95. The zero-order valence-corrected chi connectivity index (χ0v) is 8.89. The lowest BCUT2D eigenvalue weighted by Gasteiger charge is -2.06. The number of hydrogen-bond donors (Lipinski definition) is 2. The first-order chi connectivity index (χ1) is 6.56. The highest BCUT2D eigenvalue weighted by atomic mass is 16.2. The SMILES string of the molecule is CCCCN=C(NC(C)=O)NC(C)=O. The number of carbonyl (C=O) groups is 2. The number of guanidine groups is 1. The molecule has 0 bridgehead atoms. The number of nitrogens with one attached hydrogen (secondary N) is 2. The average Bonchev–Trinajstić information content (AvgIpc) is 2.02. The van der Waals surface area contributed by atoms with Crippen LogP contribution in [0.4, 0.5) is 0 Å². The highest BCUT2D eigenvalue weighted by Crippen LogP contribution is 1.86. The van der Waals surface area contributed by atoms with Crippen molar-refractivity contribution in [3.8, 4) is 0 Å². The number of aliphatic imine (C=N–C) groups is 1. The topological polar surface area (TPSA) is 70.6 Å². The fraction of sp³-hybridized carbons (Fsp3) is 0.667. The zero-order valence-electron chi connectivity index (χ0n) is 8.89. The van der Waals surface area contributed by atoms with Gasteiger partial charge in [0.1, 0.15) is 0 Å². The van der Waals surface area contributed by atoms with Crippen molar-refractivity contribution in [1.82, 2.24) is 10.6 Å². The van der Waals surface area contributed by atoms with E-state index >= 15 is 0 Å². The summed E-state index contributed by atoms with van der Waals surface area (Å²) in [6.45, 7) is 5.40. The highest BCUT2D eigenvalue weighted by Gasteiger charge is 2.02. The number of carbonyl (C=O) groups excluding carboxylic acids is 2. The highest BCUT2D eigenvalue weighted by molar-refractivity contribution is 6.03. The molecule has 0 radical (unpaired) electrons. The summed E-state index contributed by atoms with van der Waals surface area (Å²) in [4.78, 5) is 25.5. The third-order valence-electron chi connectivity index (χ3n) is 1.37. The van der Waals surface area contributed by atoms with Crippen molar-refractivity contribution in [3.63, 3.8) is 0 Å². The number of rotatable bonds is 3. The third kappa shape index (κ3) is 7.27. The smallest absolute Gasteiger partial charge is 0.223 e. The summed E-state index contributed by atoms with van der Waals surface area (Å²) in [7, 11) is 0. The summed E-state index contributed by atoms with van der Waals surface area (Å²) >= 11 is 0. The Hall–Kier alpha value is -1.39. The van der Waals surface area contributed by atoms with Crippen molar-refractivity contribution < 1.29 is 9.59 Å². The predicted octanol–water partition coefficient (Wildman–Crippen LogP) is 0.415. The van der Waals surface area contributed by atoms with Crippen molar-refractivity contribution in [1.29, 1.82) is 0 Å². The monoisotopic (exact) mass is 199 g/mol. The molecule has 5 nitrogen and oxygen atoms in total. The first-order valence-electron chi connectivity index (χ1n) is 4.66. The van der Waals surface area contributed by atoms with Gasteiger partial charge in [-0.1, -0.05) is 13.3 Å². The van der Waals surface area contributed by atoms with E-state index in [9.17, 15) is 9.59 Å². The van der Waals surface area contributed by atoms with E-state index in [0.29, 0.717) is 6.54 Å². The van der Waals surface area contributed by atoms with Gasteiger partial charge in [0.05, 0.1) is 0 Å². The van der Waals surface area contributed by atoms with Gasteiger partial charge < -0.3 is 0 Å². The molecule has 0 aliphatic rings. The Morgan fingerprint density at radius 1 is 1.14 bits per heavy atom. The third-order valence-corrected chi connectivity index (χ3v) is 1.37. The normalized spacial score (nSPS) is 9.07. The van der Waals surface area contributed by atoms with Crippen LogP contribution in [0.5, 0.6) is 0 Å². The molecule has 0 saturated heterocycles. The molecule has 0 aromatic rings. The van der Waals surface area contributed by atoms with Crippen LogP contribution in [0.2, 0.25) is 0 Å². The van der Waals surface area contributed by atoms with Crippen molar-refractivity contribution in [2.75, 3.05) is 6.54 Å². The van der Waals surface area contributed by atoms with Gasteiger partial charge in [-0.25, -0.2) is 0 Å². The predicted molar refractivity (Wildman–Crippen MR) is 54.8 cm³/mol. The molecule has 2 amide bonds. The van der Waals surface area contributed by atoms with E-state index in [1.165, 1.54) is 13.8 Å². The van der Waals surface area contributed by atoms with Gasteiger partial charge in [0.2, 0.25) is 17.8 Å². The first kappa shape index (κ1) is 12.6. The molecule has 80 valence electrons. The van der Waals surface area contributed by atoms with E-state index in [4.69, 9.17) is 0 Å². The van der Waals surface area contributed by atoms with E-state index in [-0.39, 0.29) is 17.8 Å².